The summed E-state index contributed by atoms with van der Waals surface area (Å²) in [4.78, 5) is 0. The van der Waals surface area contributed by atoms with E-state index < -0.39 is 0 Å². The minimum absolute atomic E-state index is 0.0713. The molecule has 9 aromatic carbocycles. The SMILES string of the molecule is c1ccc(-c2cc3c4c(c2)c2cc(-c5ccccc5)cc5c6c7c(oc8ccccc87)c7c(c6n4c25)B3n2c3cc4ccccc4cc3c3cccc-7c32)cc1. The van der Waals surface area contributed by atoms with Crippen molar-refractivity contribution in [3.05, 3.63) is 164 Å². The molecular weight excluding hydrogens is 679 g/mol. The Bertz CT molecular complexity index is 3920. The third-order valence-corrected chi connectivity index (χ3v) is 13.3. The van der Waals surface area contributed by atoms with E-state index in [1.165, 1.54) is 126 Å². The summed E-state index contributed by atoms with van der Waals surface area (Å²) in [5, 5.41) is 12.7. The number of para-hydroxylation sites is 2. The first-order chi connectivity index (χ1) is 27.8. The number of furan rings is 1. The molecule has 4 aromatic heterocycles. The van der Waals surface area contributed by atoms with E-state index in [1.54, 1.807) is 0 Å². The molecule has 0 amide bonds. The highest BCUT2D eigenvalue weighted by atomic mass is 16.3. The van der Waals surface area contributed by atoms with E-state index in [1.807, 2.05) is 0 Å². The highest BCUT2D eigenvalue weighted by Crippen LogP contribution is 2.52. The van der Waals surface area contributed by atoms with Gasteiger partial charge in [0, 0.05) is 65.3 Å². The molecule has 56 heavy (non-hydrogen) atoms. The number of hydrogen-bond donors (Lipinski definition) is 0. The van der Waals surface area contributed by atoms with E-state index >= 15 is 0 Å². The van der Waals surface area contributed by atoms with Crippen LogP contribution in [0.5, 0.6) is 0 Å². The van der Waals surface area contributed by atoms with E-state index in [0.29, 0.717) is 0 Å². The van der Waals surface area contributed by atoms with E-state index in [0.717, 1.165) is 11.2 Å². The van der Waals surface area contributed by atoms with Crippen LogP contribution < -0.4 is 10.9 Å². The predicted molar refractivity (Wildman–Crippen MR) is 236 cm³/mol. The summed E-state index contributed by atoms with van der Waals surface area (Å²) in [6.07, 6.45) is 0. The smallest absolute Gasteiger partial charge is 0.333 e. The van der Waals surface area contributed by atoms with Gasteiger partial charge in [0.05, 0.1) is 16.6 Å². The highest BCUT2D eigenvalue weighted by molar-refractivity contribution is 6.91. The van der Waals surface area contributed by atoms with Crippen molar-refractivity contribution in [1.82, 2.24) is 8.88 Å². The fourth-order valence-corrected chi connectivity index (χ4v) is 11.2. The molecular formula is C52H27BN2O. The predicted octanol–water partition coefficient (Wildman–Crippen LogP) is 12.3. The summed E-state index contributed by atoms with van der Waals surface area (Å²) in [6.45, 7) is -0.0713. The van der Waals surface area contributed by atoms with Gasteiger partial charge in [0.15, 0.2) is 0 Å². The van der Waals surface area contributed by atoms with E-state index in [9.17, 15) is 0 Å². The van der Waals surface area contributed by atoms with Gasteiger partial charge in [0.2, 0.25) is 0 Å². The third kappa shape index (κ3) is 3.12. The number of nitrogens with zero attached hydrogens (tertiary/aromatic N) is 2. The summed E-state index contributed by atoms with van der Waals surface area (Å²) in [5.74, 6) is 0. The molecule has 0 aliphatic carbocycles. The van der Waals surface area contributed by atoms with Crippen molar-refractivity contribution in [1.29, 1.82) is 0 Å². The number of hydrogen-bond acceptors (Lipinski definition) is 1. The van der Waals surface area contributed by atoms with Gasteiger partial charge in [-0.25, -0.2) is 0 Å². The lowest BCUT2D eigenvalue weighted by Gasteiger charge is -2.31. The Balaban J connectivity index is 1.25. The molecule has 0 bridgehead atoms. The number of aromatic nitrogens is 2. The lowest BCUT2D eigenvalue weighted by Crippen LogP contribution is -2.54. The molecule has 6 heterocycles. The first-order valence-electron chi connectivity index (χ1n) is 19.5. The van der Waals surface area contributed by atoms with Crippen LogP contribution in [-0.4, -0.2) is 15.7 Å². The van der Waals surface area contributed by atoms with Crippen LogP contribution in [0.1, 0.15) is 0 Å². The second-order valence-electron chi connectivity index (χ2n) is 16.0. The highest BCUT2D eigenvalue weighted by Gasteiger charge is 2.44. The maximum atomic E-state index is 7.16. The molecule has 0 saturated heterocycles. The largest absolute Gasteiger partial charge is 0.455 e. The molecule has 15 rings (SSSR count). The number of fused-ring (bicyclic) bond motifs is 14. The quantitative estimate of drug-likeness (QED) is 0.164. The van der Waals surface area contributed by atoms with Crippen molar-refractivity contribution in [2.24, 2.45) is 0 Å². The van der Waals surface area contributed by atoms with E-state index in [4.69, 9.17) is 4.42 Å². The summed E-state index contributed by atoms with van der Waals surface area (Å²) < 4.78 is 12.5. The molecule has 2 aliphatic heterocycles. The van der Waals surface area contributed by atoms with Gasteiger partial charge in [-0.15, -0.1) is 0 Å². The molecule has 0 spiro atoms. The fourth-order valence-electron chi connectivity index (χ4n) is 11.2. The molecule has 2 aliphatic rings. The summed E-state index contributed by atoms with van der Waals surface area (Å²) in [7, 11) is 0. The molecule has 0 fully saturated rings. The molecule has 3 nitrogen and oxygen atoms in total. The van der Waals surface area contributed by atoms with Crippen LogP contribution in [0, 0.1) is 0 Å². The van der Waals surface area contributed by atoms with Crippen LogP contribution in [0.3, 0.4) is 0 Å². The van der Waals surface area contributed by atoms with Gasteiger partial charge < -0.3 is 13.3 Å². The molecule has 0 radical (unpaired) electrons. The molecule has 13 aromatic rings. The zero-order valence-corrected chi connectivity index (χ0v) is 30.0. The molecule has 254 valence electrons. The van der Waals surface area contributed by atoms with Gasteiger partial charge in [0.1, 0.15) is 11.2 Å². The van der Waals surface area contributed by atoms with Gasteiger partial charge in [-0.1, -0.05) is 127 Å². The Morgan fingerprint density at radius 2 is 1.09 bits per heavy atom. The van der Waals surface area contributed by atoms with Gasteiger partial charge in [-0.2, -0.15) is 0 Å². The van der Waals surface area contributed by atoms with Crippen molar-refractivity contribution < 1.29 is 4.42 Å². The second-order valence-corrected chi connectivity index (χ2v) is 16.0. The van der Waals surface area contributed by atoms with Crippen molar-refractivity contribution in [2.45, 2.75) is 0 Å². The standard InChI is InChI=1S/C52H27BN2O/c1-3-12-28(13-4-1)32-23-38-39-24-33(29-14-5-2-6-15-29)26-41-50(39)54-48(38)40(25-32)44-45-35-18-9-10-21-43(35)56-52(45)46-36-20-11-19-34-37-22-30-16-7-8-17-31(30)27-42(37)55(49(34)36)53(41)47(46)51(44)54/h1-27H. The van der Waals surface area contributed by atoms with Gasteiger partial charge >= 0.3 is 6.85 Å². The van der Waals surface area contributed by atoms with Crippen molar-refractivity contribution in [3.63, 3.8) is 0 Å². The summed E-state index contributed by atoms with van der Waals surface area (Å²) in [6, 6.07) is 60.9. The Hall–Kier alpha value is -7.30. The Kier molecular flexibility index (Phi) is 4.78. The summed E-state index contributed by atoms with van der Waals surface area (Å²) in [5.41, 5.74) is 18.5. The molecule has 0 unspecified atom stereocenters. The zero-order valence-electron chi connectivity index (χ0n) is 30.0. The maximum Gasteiger partial charge on any atom is 0.333 e. The number of rotatable bonds is 2. The summed E-state index contributed by atoms with van der Waals surface area (Å²) >= 11 is 0. The zero-order chi connectivity index (χ0) is 36.0. The van der Waals surface area contributed by atoms with Gasteiger partial charge in [-0.05, 0) is 80.4 Å². The topological polar surface area (TPSA) is 22.5 Å². The minimum atomic E-state index is -0.0713. The molecule has 0 N–H and O–H groups in total. The van der Waals surface area contributed by atoms with Crippen LogP contribution in [0.15, 0.2) is 168 Å². The van der Waals surface area contributed by atoms with E-state index in [2.05, 4.69) is 173 Å². The monoisotopic (exact) mass is 706 g/mol. The average molecular weight is 707 g/mol. The van der Waals surface area contributed by atoms with Crippen molar-refractivity contribution in [2.75, 3.05) is 0 Å². The Labute approximate surface area is 319 Å². The third-order valence-electron chi connectivity index (χ3n) is 13.3. The Morgan fingerprint density at radius 3 is 1.89 bits per heavy atom. The average Bonchev–Trinajstić information content (AvgIpc) is 4.00. The van der Waals surface area contributed by atoms with Crippen LogP contribution in [0.25, 0.3) is 126 Å². The normalized spacial score (nSPS) is 13.3. The lowest BCUT2D eigenvalue weighted by atomic mass is 9.45. The van der Waals surface area contributed by atoms with Crippen LogP contribution in [0.4, 0.5) is 0 Å². The minimum Gasteiger partial charge on any atom is -0.455 e. The van der Waals surface area contributed by atoms with Crippen molar-refractivity contribution >= 4 is 110 Å². The maximum absolute atomic E-state index is 7.16. The molecule has 4 heteroatoms. The molecule has 0 atom stereocenters. The van der Waals surface area contributed by atoms with Crippen molar-refractivity contribution in [3.8, 4) is 33.4 Å². The van der Waals surface area contributed by atoms with Crippen LogP contribution in [-0.2, 0) is 0 Å². The van der Waals surface area contributed by atoms with Gasteiger partial charge in [-0.3, -0.25) is 0 Å². The first kappa shape index (κ1) is 28.2. The number of benzene rings is 9. The lowest BCUT2D eigenvalue weighted by molar-refractivity contribution is 0.670. The van der Waals surface area contributed by atoms with Crippen LogP contribution >= 0.6 is 0 Å². The van der Waals surface area contributed by atoms with Crippen LogP contribution in [0.2, 0.25) is 0 Å². The Morgan fingerprint density at radius 1 is 0.429 bits per heavy atom. The van der Waals surface area contributed by atoms with Gasteiger partial charge in [0.25, 0.3) is 0 Å². The fraction of sp³-hybridized carbons (Fsp3) is 0. The van der Waals surface area contributed by atoms with E-state index in [-0.39, 0.29) is 6.85 Å². The first-order valence-corrected chi connectivity index (χ1v) is 19.5. The second kappa shape index (κ2) is 9.49. The molecule has 0 saturated carbocycles.